The lowest BCUT2D eigenvalue weighted by Crippen LogP contribution is -2.56. The molecule has 3 heteroatoms. The van der Waals surface area contributed by atoms with Gasteiger partial charge in [-0.05, 0) is 46.5 Å². The van der Waals surface area contributed by atoms with Crippen LogP contribution in [0.1, 0.15) is 46.5 Å². The Morgan fingerprint density at radius 2 is 1.81 bits per heavy atom. The average molecular weight is 226 g/mol. The van der Waals surface area contributed by atoms with Crippen molar-refractivity contribution in [3.05, 3.63) is 0 Å². The molecule has 2 rings (SSSR count). The second-order valence-corrected chi connectivity index (χ2v) is 6.19. The molecule has 0 spiro atoms. The fourth-order valence-corrected chi connectivity index (χ4v) is 3.25. The standard InChI is InChI=1S/C13H26N2O/c1-10-8-15(9-13(2,3)16-10)12-6-4-11(14)5-7-12/h10-12H,4-9,14H2,1-3H3. The second kappa shape index (κ2) is 4.63. The van der Waals surface area contributed by atoms with Crippen LogP contribution in [-0.4, -0.2) is 41.8 Å². The van der Waals surface area contributed by atoms with E-state index in [2.05, 4.69) is 25.7 Å². The zero-order chi connectivity index (χ0) is 11.8. The average Bonchev–Trinajstić information content (AvgIpc) is 2.15. The molecular weight excluding hydrogens is 200 g/mol. The van der Waals surface area contributed by atoms with E-state index in [-0.39, 0.29) is 5.60 Å². The summed E-state index contributed by atoms with van der Waals surface area (Å²) in [4.78, 5) is 2.63. The summed E-state index contributed by atoms with van der Waals surface area (Å²) in [5.41, 5.74) is 5.98. The molecule has 1 atom stereocenters. The molecule has 0 bridgehead atoms. The predicted molar refractivity (Wildman–Crippen MR) is 66.4 cm³/mol. The van der Waals surface area contributed by atoms with Crippen LogP contribution in [-0.2, 0) is 4.74 Å². The molecule has 1 aliphatic carbocycles. The van der Waals surface area contributed by atoms with Crippen molar-refractivity contribution < 1.29 is 4.74 Å². The van der Waals surface area contributed by atoms with Gasteiger partial charge < -0.3 is 10.5 Å². The van der Waals surface area contributed by atoms with Crippen LogP contribution in [0.2, 0.25) is 0 Å². The third kappa shape index (κ3) is 2.96. The van der Waals surface area contributed by atoms with Crippen LogP contribution >= 0.6 is 0 Å². The summed E-state index contributed by atoms with van der Waals surface area (Å²) in [7, 11) is 0. The van der Waals surface area contributed by atoms with Gasteiger partial charge in [0.1, 0.15) is 0 Å². The Bertz CT molecular complexity index is 234. The van der Waals surface area contributed by atoms with Crippen molar-refractivity contribution >= 4 is 0 Å². The highest BCUT2D eigenvalue weighted by Crippen LogP contribution is 2.28. The van der Waals surface area contributed by atoms with Crippen molar-refractivity contribution in [1.29, 1.82) is 0 Å². The van der Waals surface area contributed by atoms with Crippen molar-refractivity contribution in [2.75, 3.05) is 13.1 Å². The highest BCUT2D eigenvalue weighted by molar-refractivity contribution is 4.89. The van der Waals surface area contributed by atoms with Crippen molar-refractivity contribution in [2.24, 2.45) is 5.73 Å². The summed E-state index contributed by atoms with van der Waals surface area (Å²) >= 11 is 0. The van der Waals surface area contributed by atoms with Crippen molar-refractivity contribution in [3.63, 3.8) is 0 Å². The fraction of sp³-hybridized carbons (Fsp3) is 1.00. The Balaban J connectivity index is 1.93. The molecule has 3 nitrogen and oxygen atoms in total. The maximum absolute atomic E-state index is 5.96. The molecule has 0 aromatic rings. The molecule has 16 heavy (non-hydrogen) atoms. The molecule has 0 radical (unpaired) electrons. The number of hydrogen-bond donors (Lipinski definition) is 1. The van der Waals surface area contributed by atoms with Gasteiger partial charge in [-0.25, -0.2) is 0 Å². The molecule has 0 aromatic heterocycles. The van der Waals surface area contributed by atoms with Crippen LogP contribution in [0, 0.1) is 0 Å². The number of morpholine rings is 1. The van der Waals surface area contributed by atoms with Crippen molar-refractivity contribution in [3.8, 4) is 0 Å². The van der Waals surface area contributed by atoms with Crippen LogP contribution in [0.4, 0.5) is 0 Å². The van der Waals surface area contributed by atoms with Gasteiger partial charge in [0, 0.05) is 25.2 Å². The van der Waals surface area contributed by atoms with Crippen LogP contribution < -0.4 is 5.73 Å². The van der Waals surface area contributed by atoms with Gasteiger partial charge in [0.25, 0.3) is 0 Å². The van der Waals surface area contributed by atoms with Crippen LogP contribution in [0.3, 0.4) is 0 Å². The minimum Gasteiger partial charge on any atom is -0.370 e. The first-order valence-electron chi connectivity index (χ1n) is 6.64. The zero-order valence-electron chi connectivity index (χ0n) is 10.9. The Morgan fingerprint density at radius 3 is 2.38 bits per heavy atom. The molecule has 2 aliphatic rings. The lowest BCUT2D eigenvalue weighted by atomic mass is 9.89. The van der Waals surface area contributed by atoms with Crippen molar-refractivity contribution in [2.45, 2.75) is 70.2 Å². The molecular formula is C13H26N2O. The summed E-state index contributed by atoms with van der Waals surface area (Å²) in [6.07, 6.45) is 5.28. The van der Waals surface area contributed by atoms with Crippen LogP contribution in [0.25, 0.3) is 0 Å². The van der Waals surface area contributed by atoms with Crippen LogP contribution in [0.15, 0.2) is 0 Å². The molecule has 1 saturated carbocycles. The topological polar surface area (TPSA) is 38.5 Å². The normalized spacial score (nSPS) is 40.9. The molecule has 2 N–H and O–H groups in total. The predicted octanol–water partition coefficient (Wildman–Crippen LogP) is 1.76. The second-order valence-electron chi connectivity index (χ2n) is 6.19. The highest BCUT2D eigenvalue weighted by atomic mass is 16.5. The Kier molecular flexibility index (Phi) is 3.57. The van der Waals surface area contributed by atoms with E-state index in [0.717, 1.165) is 19.1 Å². The summed E-state index contributed by atoms with van der Waals surface area (Å²) in [6.45, 7) is 8.73. The molecule has 0 amide bonds. The van der Waals surface area contributed by atoms with Gasteiger partial charge in [0.2, 0.25) is 0 Å². The van der Waals surface area contributed by atoms with Gasteiger partial charge >= 0.3 is 0 Å². The minimum atomic E-state index is 0.0111. The van der Waals surface area contributed by atoms with Gasteiger partial charge in [-0.3, -0.25) is 4.90 Å². The fourth-order valence-electron chi connectivity index (χ4n) is 3.25. The number of nitrogens with two attached hydrogens (primary N) is 1. The first-order valence-corrected chi connectivity index (χ1v) is 6.64. The number of hydrogen-bond acceptors (Lipinski definition) is 3. The molecule has 1 heterocycles. The quantitative estimate of drug-likeness (QED) is 0.740. The monoisotopic (exact) mass is 226 g/mol. The Labute approximate surface area is 99.3 Å². The molecule has 94 valence electrons. The van der Waals surface area contributed by atoms with E-state index < -0.39 is 0 Å². The Hall–Kier alpha value is -0.120. The maximum atomic E-state index is 5.96. The summed E-state index contributed by atoms with van der Waals surface area (Å²) < 4.78 is 5.95. The van der Waals surface area contributed by atoms with E-state index >= 15 is 0 Å². The summed E-state index contributed by atoms with van der Waals surface area (Å²) in [6, 6.07) is 1.19. The smallest absolute Gasteiger partial charge is 0.0757 e. The first kappa shape index (κ1) is 12.3. The van der Waals surface area contributed by atoms with Gasteiger partial charge in [-0.1, -0.05) is 0 Å². The van der Waals surface area contributed by atoms with E-state index in [9.17, 15) is 0 Å². The lowest BCUT2D eigenvalue weighted by molar-refractivity contribution is -0.140. The third-order valence-corrected chi connectivity index (χ3v) is 3.85. The van der Waals surface area contributed by atoms with Crippen molar-refractivity contribution in [1.82, 2.24) is 4.90 Å². The van der Waals surface area contributed by atoms with Gasteiger partial charge in [-0.15, -0.1) is 0 Å². The molecule has 1 unspecified atom stereocenters. The number of nitrogens with zero attached hydrogens (tertiary/aromatic N) is 1. The largest absolute Gasteiger partial charge is 0.370 e. The number of rotatable bonds is 1. The van der Waals surface area contributed by atoms with Gasteiger partial charge in [0.05, 0.1) is 11.7 Å². The molecule has 1 saturated heterocycles. The third-order valence-electron chi connectivity index (χ3n) is 3.85. The number of ether oxygens (including phenoxy) is 1. The first-order chi connectivity index (χ1) is 7.46. The van der Waals surface area contributed by atoms with Gasteiger partial charge in [0.15, 0.2) is 0 Å². The summed E-state index contributed by atoms with van der Waals surface area (Å²) in [5, 5.41) is 0. The minimum absolute atomic E-state index is 0.0111. The van der Waals surface area contributed by atoms with Gasteiger partial charge in [-0.2, -0.15) is 0 Å². The molecule has 2 fully saturated rings. The molecule has 0 aromatic carbocycles. The zero-order valence-corrected chi connectivity index (χ0v) is 10.9. The van der Waals surface area contributed by atoms with Crippen LogP contribution in [0.5, 0.6) is 0 Å². The Morgan fingerprint density at radius 1 is 1.19 bits per heavy atom. The SMILES string of the molecule is CC1CN(C2CCC(N)CC2)CC(C)(C)O1. The van der Waals surface area contributed by atoms with E-state index in [1.54, 1.807) is 0 Å². The highest BCUT2D eigenvalue weighted by Gasteiger charge is 2.35. The van der Waals surface area contributed by atoms with E-state index in [1.807, 2.05) is 0 Å². The van der Waals surface area contributed by atoms with E-state index in [0.29, 0.717) is 12.1 Å². The molecule has 1 aliphatic heterocycles. The summed E-state index contributed by atoms with van der Waals surface area (Å²) in [5.74, 6) is 0. The van der Waals surface area contributed by atoms with E-state index in [4.69, 9.17) is 10.5 Å². The lowest BCUT2D eigenvalue weighted by Gasteiger charge is -2.46. The maximum Gasteiger partial charge on any atom is 0.0757 e. The van der Waals surface area contributed by atoms with E-state index in [1.165, 1.54) is 25.7 Å².